The van der Waals surface area contributed by atoms with Crippen LogP contribution in [0.1, 0.15) is 0 Å². The van der Waals surface area contributed by atoms with Gasteiger partial charge in [0, 0.05) is 37.4 Å². The number of anilines is 2. The highest BCUT2D eigenvalue weighted by atomic mass is 15.1. The second kappa shape index (κ2) is 5.01. The molecular formula is C13H18N4. The van der Waals surface area contributed by atoms with E-state index in [1.54, 1.807) is 6.20 Å². The Morgan fingerprint density at radius 2 is 2.18 bits per heavy atom. The van der Waals surface area contributed by atoms with Crippen LogP contribution in [0.4, 0.5) is 11.4 Å². The zero-order valence-electron chi connectivity index (χ0n) is 10.3. The molecule has 0 aliphatic heterocycles. The summed E-state index contributed by atoms with van der Waals surface area (Å²) in [5.41, 5.74) is 8.81. The van der Waals surface area contributed by atoms with Crippen molar-refractivity contribution in [2.45, 2.75) is 0 Å². The second-order valence-corrected chi connectivity index (χ2v) is 4.10. The topological polar surface area (TPSA) is 54.2 Å². The number of pyridine rings is 1. The van der Waals surface area contributed by atoms with E-state index in [-0.39, 0.29) is 0 Å². The molecule has 1 heterocycles. The minimum Gasteiger partial charge on any atom is -0.398 e. The monoisotopic (exact) mass is 230 g/mol. The molecule has 17 heavy (non-hydrogen) atoms. The summed E-state index contributed by atoms with van der Waals surface area (Å²) in [7, 11) is 4.02. The van der Waals surface area contributed by atoms with Crippen molar-refractivity contribution in [3.8, 4) is 0 Å². The first-order chi connectivity index (χ1) is 8.24. The molecule has 0 aliphatic rings. The molecule has 0 aliphatic carbocycles. The fraction of sp³-hybridized carbons (Fsp3) is 0.308. The number of hydrogen-bond donors (Lipinski definition) is 2. The maximum atomic E-state index is 5.95. The minimum absolute atomic E-state index is 0.777. The molecule has 0 fully saturated rings. The average Bonchev–Trinajstić information content (AvgIpc) is 2.37. The number of nitrogen functional groups attached to an aromatic ring is 1. The van der Waals surface area contributed by atoms with Crippen LogP contribution < -0.4 is 16.0 Å². The largest absolute Gasteiger partial charge is 0.398 e. The number of aromatic nitrogens is 1. The first kappa shape index (κ1) is 11.7. The van der Waals surface area contributed by atoms with Crippen molar-refractivity contribution in [2.24, 2.45) is 0 Å². The molecule has 0 spiro atoms. The van der Waals surface area contributed by atoms with Gasteiger partial charge >= 0.3 is 0 Å². The molecule has 3 N–H and O–H groups in total. The van der Waals surface area contributed by atoms with Gasteiger partial charge in [-0.3, -0.25) is 4.98 Å². The summed E-state index contributed by atoms with van der Waals surface area (Å²) in [5.74, 6) is 0. The molecule has 1 aromatic carbocycles. The van der Waals surface area contributed by atoms with Crippen LogP contribution in [-0.4, -0.2) is 32.2 Å². The third-order valence-electron chi connectivity index (χ3n) is 2.89. The number of benzene rings is 1. The molecule has 0 amide bonds. The van der Waals surface area contributed by atoms with Crippen LogP contribution in [0.5, 0.6) is 0 Å². The quantitative estimate of drug-likeness (QED) is 0.781. The molecule has 0 saturated heterocycles. The zero-order valence-corrected chi connectivity index (χ0v) is 10.3. The Bertz CT molecular complexity index is 510. The minimum atomic E-state index is 0.777. The Morgan fingerprint density at radius 1 is 1.35 bits per heavy atom. The van der Waals surface area contributed by atoms with E-state index in [0.717, 1.165) is 35.4 Å². The van der Waals surface area contributed by atoms with Crippen molar-refractivity contribution < 1.29 is 0 Å². The number of nitrogens with two attached hydrogens (primary N) is 1. The SMILES string of the molecule is CNCCN(C)c1ccc(N)c2cccnc12. The van der Waals surface area contributed by atoms with Crippen LogP contribution in [0.15, 0.2) is 30.5 Å². The van der Waals surface area contributed by atoms with Gasteiger partial charge in [-0.15, -0.1) is 0 Å². The summed E-state index contributed by atoms with van der Waals surface area (Å²) in [6.07, 6.45) is 1.80. The van der Waals surface area contributed by atoms with Gasteiger partial charge in [0.05, 0.1) is 11.2 Å². The van der Waals surface area contributed by atoms with Crippen molar-refractivity contribution in [1.29, 1.82) is 0 Å². The highest BCUT2D eigenvalue weighted by Gasteiger charge is 2.08. The summed E-state index contributed by atoms with van der Waals surface area (Å²) in [5, 5.41) is 4.16. The maximum Gasteiger partial charge on any atom is 0.0955 e. The number of hydrogen-bond acceptors (Lipinski definition) is 4. The first-order valence-electron chi connectivity index (χ1n) is 5.73. The molecule has 0 unspecified atom stereocenters. The molecule has 4 nitrogen and oxygen atoms in total. The molecule has 1 aromatic heterocycles. The fourth-order valence-corrected chi connectivity index (χ4v) is 1.89. The van der Waals surface area contributed by atoms with E-state index in [0.29, 0.717) is 0 Å². The Labute approximate surface area is 101 Å². The second-order valence-electron chi connectivity index (χ2n) is 4.10. The Kier molecular flexibility index (Phi) is 3.44. The molecule has 0 atom stereocenters. The maximum absolute atomic E-state index is 5.95. The Balaban J connectivity index is 2.44. The summed E-state index contributed by atoms with van der Waals surface area (Å²) in [6.45, 7) is 1.88. The Hall–Kier alpha value is -1.81. The van der Waals surface area contributed by atoms with E-state index in [1.165, 1.54) is 0 Å². The predicted molar refractivity (Wildman–Crippen MR) is 73.4 cm³/mol. The average molecular weight is 230 g/mol. The molecule has 0 saturated carbocycles. The molecule has 4 heteroatoms. The van der Waals surface area contributed by atoms with Crippen molar-refractivity contribution in [3.63, 3.8) is 0 Å². The third-order valence-corrected chi connectivity index (χ3v) is 2.89. The van der Waals surface area contributed by atoms with Crippen molar-refractivity contribution in [3.05, 3.63) is 30.5 Å². The summed E-state index contributed by atoms with van der Waals surface area (Å²) in [6, 6.07) is 7.89. The van der Waals surface area contributed by atoms with Crippen LogP contribution >= 0.6 is 0 Å². The number of rotatable bonds is 4. The number of nitrogens with zero attached hydrogens (tertiary/aromatic N) is 2. The normalized spacial score (nSPS) is 10.7. The fourth-order valence-electron chi connectivity index (χ4n) is 1.89. The van der Waals surface area contributed by atoms with E-state index in [2.05, 4.69) is 22.2 Å². The summed E-state index contributed by atoms with van der Waals surface area (Å²) >= 11 is 0. The molecular weight excluding hydrogens is 212 g/mol. The predicted octanol–water partition coefficient (Wildman–Crippen LogP) is 1.47. The zero-order chi connectivity index (χ0) is 12.3. The lowest BCUT2D eigenvalue weighted by Crippen LogP contribution is -2.27. The smallest absolute Gasteiger partial charge is 0.0955 e. The van der Waals surface area contributed by atoms with E-state index < -0.39 is 0 Å². The van der Waals surface area contributed by atoms with Crippen LogP contribution in [0.25, 0.3) is 10.9 Å². The molecule has 2 rings (SSSR count). The van der Waals surface area contributed by atoms with Gasteiger partial charge in [-0.2, -0.15) is 0 Å². The van der Waals surface area contributed by atoms with Gasteiger partial charge in [0.15, 0.2) is 0 Å². The van der Waals surface area contributed by atoms with Crippen LogP contribution in [0.3, 0.4) is 0 Å². The van der Waals surface area contributed by atoms with Crippen molar-refractivity contribution in [1.82, 2.24) is 10.3 Å². The van der Waals surface area contributed by atoms with E-state index >= 15 is 0 Å². The van der Waals surface area contributed by atoms with Crippen LogP contribution in [-0.2, 0) is 0 Å². The van der Waals surface area contributed by atoms with Gasteiger partial charge in [-0.1, -0.05) is 0 Å². The molecule has 0 radical (unpaired) electrons. The van der Waals surface area contributed by atoms with Gasteiger partial charge < -0.3 is 16.0 Å². The van der Waals surface area contributed by atoms with Gasteiger partial charge in [0.2, 0.25) is 0 Å². The van der Waals surface area contributed by atoms with Gasteiger partial charge in [0.1, 0.15) is 0 Å². The summed E-state index contributed by atoms with van der Waals surface area (Å²) in [4.78, 5) is 6.61. The molecule has 90 valence electrons. The van der Waals surface area contributed by atoms with E-state index in [1.807, 2.05) is 31.3 Å². The summed E-state index contributed by atoms with van der Waals surface area (Å²) < 4.78 is 0. The number of nitrogens with one attached hydrogen (secondary N) is 1. The van der Waals surface area contributed by atoms with Crippen molar-refractivity contribution in [2.75, 3.05) is 37.8 Å². The van der Waals surface area contributed by atoms with E-state index in [4.69, 9.17) is 5.73 Å². The van der Waals surface area contributed by atoms with Gasteiger partial charge in [0.25, 0.3) is 0 Å². The highest BCUT2D eigenvalue weighted by molar-refractivity contribution is 5.98. The number of likely N-dealkylation sites (N-methyl/N-ethyl adjacent to an activating group) is 2. The Morgan fingerprint density at radius 3 is 2.94 bits per heavy atom. The van der Waals surface area contributed by atoms with Crippen LogP contribution in [0, 0.1) is 0 Å². The van der Waals surface area contributed by atoms with E-state index in [9.17, 15) is 0 Å². The standard InChI is InChI=1S/C13H18N4/c1-15-8-9-17(2)12-6-5-11(14)10-4-3-7-16-13(10)12/h3-7,15H,8-9,14H2,1-2H3. The number of fused-ring (bicyclic) bond motifs is 1. The third kappa shape index (κ3) is 2.31. The molecule has 2 aromatic rings. The first-order valence-corrected chi connectivity index (χ1v) is 5.73. The lowest BCUT2D eigenvalue weighted by atomic mass is 10.1. The van der Waals surface area contributed by atoms with Crippen LogP contribution in [0.2, 0.25) is 0 Å². The highest BCUT2D eigenvalue weighted by Crippen LogP contribution is 2.28. The lowest BCUT2D eigenvalue weighted by molar-refractivity contribution is 0.769. The molecule has 0 bridgehead atoms. The van der Waals surface area contributed by atoms with Gasteiger partial charge in [-0.05, 0) is 31.3 Å². The van der Waals surface area contributed by atoms with Crippen molar-refractivity contribution >= 4 is 22.3 Å². The lowest BCUT2D eigenvalue weighted by Gasteiger charge is -2.20. The van der Waals surface area contributed by atoms with Gasteiger partial charge in [-0.25, -0.2) is 0 Å².